The predicted molar refractivity (Wildman–Crippen MR) is 102 cm³/mol. The fourth-order valence-corrected chi connectivity index (χ4v) is 9.20. The SMILES string of the molecule is Cc1cc(C#C[Si](C(C)C)(C(C)C)C(C)C)c(C)cc1Br. The molecule has 0 N–H and O–H groups in total. The van der Waals surface area contributed by atoms with Gasteiger partial charge in [-0.25, -0.2) is 0 Å². The summed E-state index contributed by atoms with van der Waals surface area (Å²) in [5.74, 6) is 3.56. The molecule has 0 bridgehead atoms. The summed E-state index contributed by atoms with van der Waals surface area (Å²) < 4.78 is 1.17. The van der Waals surface area contributed by atoms with Gasteiger partial charge in [0.25, 0.3) is 0 Å². The Balaban J connectivity index is 3.39. The number of benzene rings is 1. The lowest BCUT2D eigenvalue weighted by Gasteiger charge is -2.38. The number of hydrogen-bond acceptors (Lipinski definition) is 0. The largest absolute Gasteiger partial charge is 0.146 e. The first-order valence-electron chi connectivity index (χ1n) is 7.92. The van der Waals surface area contributed by atoms with Crippen LogP contribution in [0, 0.1) is 25.3 Å². The van der Waals surface area contributed by atoms with E-state index in [1.165, 1.54) is 21.2 Å². The first-order chi connectivity index (χ1) is 9.62. The summed E-state index contributed by atoms with van der Waals surface area (Å²) in [7, 11) is -1.64. The molecule has 0 aromatic heterocycles. The summed E-state index contributed by atoms with van der Waals surface area (Å²) >= 11 is 3.60. The fraction of sp³-hybridized carbons (Fsp3) is 0.579. The Morgan fingerprint density at radius 2 is 1.33 bits per heavy atom. The molecular formula is C19H29BrSi. The summed E-state index contributed by atoms with van der Waals surface area (Å²) in [4.78, 5) is 0. The van der Waals surface area contributed by atoms with Gasteiger partial charge in [-0.2, -0.15) is 0 Å². The zero-order chi connectivity index (χ0) is 16.4. The van der Waals surface area contributed by atoms with Crippen LogP contribution in [0.2, 0.25) is 16.6 Å². The molecule has 2 heteroatoms. The zero-order valence-corrected chi connectivity index (χ0v) is 17.4. The maximum absolute atomic E-state index is 3.81. The molecule has 0 aliphatic rings. The van der Waals surface area contributed by atoms with Crippen molar-refractivity contribution in [1.82, 2.24) is 0 Å². The molecule has 21 heavy (non-hydrogen) atoms. The lowest BCUT2D eigenvalue weighted by Crippen LogP contribution is -2.43. The fourth-order valence-electron chi connectivity index (χ4n) is 3.52. The molecule has 1 aromatic carbocycles. The topological polar surface area (TPSA) is 0 Å². The van der Waals surface area contributed by atoms with E-state index >= 15 is 0 Å². The summed E-state index contributed by atoms with van der Waals surface area (Å²) in [5, 5.41) is 0. The molecule has 0 atom stereocenters. The first kappa shape index (κ1) is 18.5. The van der Waals surface area contributed by atoms with Crippen LogP contribution in [0.5, 0.6) is 0 Å². The molecule has 0 aliphatic heterocycles. The normalized spacial score (nSPS) is 12.0. The van der Waals surface area contributed by atoms with Crippen molar-refractivity contribution in [2.24, 2.45) is 0 Å². The van der Waals surface area contributed by atoms with Crippen molar-refractivity contribution in [2.75, 3.05) is 0 Å². The van der Waals surface area contributed by atoms with Crippen molar-refractivity contribution in [3.05, 3.63) is 33.3 Å². The predicted octanol–water partition coefficient (Wildman–Crippen LogP) is 6.64. The Morgan fingerprint density at radius 1 is 0.857 bits per heavy atom. The molecule has 0 spiro atoms. The van der Waals surface area contributed by atoms with Gasteiger partial charge in [-0.15, -0.1) is 5.54 Å². The smallest absolute Gasteiger partial charge is 0.125 e. The molecule has 1 aromatic rings. The van der Waals surface area contributed by atoms with Gasteiger partial charge in [-0.1, -0.05) is 63.4 Å². The van der Waals surface area contributed by atoms with E-state index < -0.39 is 8.07 Å². The van der Waals surface area contributed by atoms with Crippen LogP contribution in [-0.2, 0) is 0 Å². The minimum Gasteiger partial charge on any atom is -0.125 e. The molecule has 0 nitrogen and oxygen atoms in total. The van der Waals surface area contributed by atoms with Crippen molar-refractivity contribution < 1.29 is 0 Å². The van der Waals surface area contributed by atoms with Crippen molar-refractivity contribution in [1.29, 1.82) is 0 Å². The van der Waals surface area contributed by atoms with Crippen LogP contribution in [0.1, 0.15) is 58.2 Å². The third-order valence-corrected chi connectivity index (χ3v) is 11.9. The van der Waals surface area contributed by atoms with E-state index in [1.807, 2.05) is 0 Å². The second kappa shape index (κ2) is 7.16. The second-order valence-corrected chi connectivity index (χ2v) is 13.5. The van der Waals surface area contributed by atoms with E-state index in [1.54, 1.807) is 0 Å². The van der Waals surface area contributed by atoms with Gasteiger partial charge in [0.1, 0.15) is 8.07 Å². The van der Waals surface area contributed by atoms with Gasteiger partial charge in [0, 0.05) is 10.0 Å². The number of rotatable bonds is 3. The third kappa shape index (κ3) is 3.82. The number of halogens is 1. The maximum Gasteiger partial charge on any atom is 0.146 e. The summed E-state index contributed by atoms with van der Waals surface area (Å²) in [6, 6.07) is 4.40. The minimum atomic E-state index is -1.64. The highest BCUT2D eigenvalue weighted by molar-refractivity contribution is 9.10. The Hall–Kier alpha value is -0.523. The van der Waals surface area contributed by atoms with Gasteiger partial charge in [0.2, 0.25) is 0 Å². The van der Waals surface area contributed by atoms with Gasteiger partial charge < -0.3 is 0 Å². The Morgan fingerprint density at radius 3 is 1.76 bits per heavy atom. The Kier molecular flexibility index (Phi) is 6.32. The Labute approximate surface area is 140 Å². The van der Waals surface area contributed by atoms with Gasteiger partial charge in [0.05, 0.1) is 0 Å². The molecule has 0 heterocycles. The third-order valence-electron chi connectivity index (χ3n) is 4.79. The van der Waals surface area contributed by atoms with Crippen molar-refractivity contribution >= 4 is 24.0 Å². The maximum atomic E-state index is 3.81. The molecule has 0 saturated heterocycles. The second-order valence-electron chi connectivity index (χ2n) is 7.06. The molecule has 116 valence electrons. The lowest BCUT2D eigenvalue weighted by atomic mass is 10.1. The average Bonchev–Trinajstić information content (AvgIpc) is 2.34. The number of hydrogen-bond donors (Lipinski definition) is 0. The van der Waals surface area contributed by atoms with E-state index in [-0.39, 0.29) is 0 Å². The molecule has 0 radical (unpaired) electrons. The standard InChI is InChI=1S/C19H29BrSi/c1-13(2)21(14(3)4,15(5)6)10-9-18-11-17(8)19(20)12-16(18)7/h11-15H,1-8H3. The van der Waals surface area contributed by atoms with Crippen molar-refractivity contribution in [2.45, 2.75) is 72.0 Å². The van der Waals surface area contributed by atoms with E-state index in [0.29, 0.717) is 16.6 Å². The highest BCUT2D eigenvalue weighted by Crippen LogP contribution is 2.40. The summed E-state index contributed by atoms with van der Waals surface area (Å²) in [6.07, 6.45) is 0. The lowest BCUT2D eigenvalue weighted by molar-refractivity contribution is 0.838. The summed E-state index contributed by atoms with van der Waals surface area (Å²) in [5.41, 5.74) is 9.57. The van der Waals surface area contributed by atoms with Crippen LogP contribution < -0.4 is 0 Å². The minimum absolute atomic E-state index is 0.682. The molecule has 0 unspecified atom stereocenters. The zero-order valence-electron chi connectivity index (χ0n) is 14.8. The number of aryl methyl sites for hydroxylation is 2. The molecular weight excluding hydrogens is 336 g/mol. The van der Waals surface area contributed by atoms with Gasteiger partial charge in [-0.3, -0.25) is 0 Å². The van der Waals surface area contributed by atoms with E-state index in [2.05, 4.69) is 94.9 Å². The van der Waals surface area contributed by atoms with Crippen molar-refractivity contribution in [3.63, 3.8) is 0 Å². The van der Waals surface area contributed by atoms with Crippen molar-refractivity contribution in [3.8, 4) is 11.5 Å². The highest BCUT2D eigenvalue weighted by Gasteiger charge is 2.41. The van der Waals surface area contributed by atoms with E-state index in [4.69, 9.17) is 0 Å². The molecule has 0 aliphatic carbocycles. The quantitative estimate of drug-likeness (QED) is 0.416. The molecule has 0 saturated carbocycles. The van der Waals surface area contributed by atoms with Gasteiger partial charge in [0.15, 0.2) is 0 Å². The first-order valence-corrected chi connectivity index (χ1v) is 10.9. The average molecular weight is 365 g/mol. The summed E-state index contributed by atoms with van der Waals surface area (Å²) in [6.45, 7) is 18.5. The van der Waals surface area contributed by atoms with Crippen LogP contribution in [0.4, 0.5) is 0 Å². The van der Waals surface area contributed by atoms with Gasteiger partial charge >= 0.3 is 0 Å². The van der Waals surface area contributed by atoms with Crippen LogP contribution in [-0.4, -0.2) is 8.07 Å². The van der Waals surface area contributed by atoms with E-state index in [0.717, 1.165) is 0 Å². The molecule has 0 amide bonds. The Bertz CT molecular complexity index is 537. The van der Waals surface area contributed by atoms with E-state index in [9.17, 15) is 0 Å². The van der Waals surface area contributed by atoms with Crippen LogP contribution in [0.3, 0.4) is 0 Å². The van der Waals surface area contributed by atoms with Gasteiger partial charge in [-0.05, 0) is 53.7 Å². The van der Waals surface area contributed by atoms with Crippen LogP contribution in [0.25, 0.3) is 0 Å². The monoisotopic (exact) mass is 364 g/mol. The van der Waals surface area contributed by atoms with Crippen LogP contribution in [0.15, 0.2) is 16.6 Å². The van der Waals surface area contributed by atoms with Crippen LogP contribution >= 0.6 is 15.9 Å². The molecule has 1 rings (SSSR count). The highest BCUT2D eigenvalue weighted by atomic mass is 79.9. The molecule has 0 fully saturated rings.